The first-order valence-electron chi connectivity index (χ1n) is 11.4. The minimum Gasteiger partial charge on any atom is -0.478 e. The zero-order chi connectivity index (χ0) is 22.5. The van der Waals surface area contributed by atoms with Crippen LogP contribution in [0.15, 0.2) is 36.4 Å². The van der Waals surface area contributed by atoms with Crippen LogP contribution in [-0.2, 0) is 9.53 Å². The molecule has 0 radical (unpaired) electrons. The van der Waals surface area contributed by atoms with Gasteiger partial charge in [-0.05, 0) is 90.8 Å². The molecular weight excluding hydrogens is 409 g/mol. The Morgan fingerprint density at radius 1 is 1.16 bits per heavy atom. The van der Waals surface area contributed by atoms with Crippen molar-refractivity contribution in [3.8, 4) is 11.1 Å². The van der Waals surface area contributed by atoms with E-state index >= 15 is 4.39 Å². The van der Waals surface area contributed by atoms with Crippen LogP contribution in [0.3, 0.4) is 0 Å². The van der Waals surface area contributed by atoms with Crippen LogP contribution in [0.4, 0.5) is 4.39 Å². The summed E-state index contributed by atoms with van der Waals surface area (Å²) in [6.45, 7) is 3.97. The number of carbonyl (C=O) groups excluding carboxylic acids is 1. The number of hydrogen-bond acceptors (Lipinski definition) is 3. The van der Waals surface area contributed by atoms with Gasteiger partial charge in [0.2, 0.25) is 0 Å². The van der Waals surface area contributed by atoms with Gasteiger partial charge in [-0.3, -0.25) is 4.79 Å². The first-order chi connectivity index (χ1) is 15.4. The van der Waals surface area contributed by atoms with Gasteiger partial charge in [-0.2, -0.15) is 0 Å². The molecule has 2 saturated heterocycles. The fourth-order valence-corrected chi connectivity index (χ4v) is 5.59. The fraction of sp³-hybridized carbons (Fsp3) is 0.462. The molecule has 0 unspecified atom stereocenters. The van der Waals surface area contributed by atoms with E-state index in [4.69, 9.17) is 9.84 Å². The van der Waals surface area contributed by atoms with Gasteiger partial charge in [-0.1, -0.05) is 18.2 Å². The van der Waals surface area contributed by atoms with E-state index in [1.54, 1.807) is 24.3 Å². The molecule has 6 heteroatoms. The van der Waals surface area contributed by atoms with Crippen LogP contribution < -0.4 is 0 Å². The Kier molecular flexibility index (Phi) is 5.28. The highest BCUT2D eigenvalue weighted by molar-refractivity contribution is 5.89. The van der Waals surface area contributed by atoms with Crippen LogP contribution in [0.1, 0.15) is 59.5 Å². The van der Waals surface area contributed by atoms with Gasteiger partial charge in [0, 0.05) is 19.7 Å². The molecule has 2 aromatic rings. The van der Waals surface area contributed by atoms with E-state index < -0.39 is 5.97 Å². The summed E-state index contributed by atoms with van der Waals surface area (Å²) in [5.74, 6) is -0.853. The molecule has 2 heterocycles. The molecule has 2 atom stereocenters. The van der Waals surface area contributed by atoms with Gasteiger partial charge < -0.3 is 14.7 Å². The lowest BCUT2D eigenvalue weighted by atomic mass is 9.87. The van der Waals surface area contributed by atoms with Crippen molar-refractivity contribution in [2.75, 3.05) is 19.7 Å². The van der Waals surface area contributed by atoms with Gasteiger partial charge in [0.15, 0.2) is 0 Å². The smallest absolute Gasteiger partial charge is 0.335 e. The van der Waals surface area contributed by atoms with Gasteiger partial charge in [-0.25, -0.2) is 9.18 Å². The topological polar surface area (TPSA) is 66.8 Å². The maximum atomic E-state index is 15.1. The predicted octanol–water partition coefficient (Wildman–Crippen LogP) is 4.77. The maximum absolute atomic E-state index is 15.1. The number of carbonyl (C=O) groups is 2. The molecule has 1 aliphatic carbocycles. The Morgan fingerprint density at radius 3 is 2.56 bits per heavy atom. The van der Waals surface area contributed by atoms with Gasteiger partial charge in [-0.15, -0.1) is 0 Å². The van der Waals surface area contributed by atoms with Crippen LogP contribution in [-0.4, -0.2) is 47.7 Å². The summed E-state index contributed by atoms with van der Waals surface area (Å²) in [5, 5.41) is 9.15. The molecular formula is C26H28FNO4. The van der Waals surface area contributed by atoms with Gasteiger partial charge in [0.1, 0.15) is 11.9 Å². The number of amides is 1. The summed E-state index contributed by atoms with van der Waals surface area (Å²) in [7, 11) is 0. The van der Waals surface area contributed by atoms with E-state index in [0.717, 1.165) is 67.4 Å². The third kappa shape index (κ3) is 3.71. The SMILES string of the molecule is Cc1cc(C(=O)O)ccc1-c1ccc([C@@H]2CC23CCN(C(=O)[C@H]2CCCO2)CC3)c(F)c1. The predicted molar refractivity (Wildman–Crippen MR) is 118 cm³/mol. The highest BCUT2D eigenvalue weighted by Gasteiger charge is 2.56. The lowest BCUT2D eigenvalue weighted by Crippen LogP contribution is -2.44. The first-order valence-corrected chi connectivity index (χ1v) is 11.4. The minimum absolute atomic E-state index is 0.106. The van der Waals surface area contributed by atoms with Crippen molar-refractivity contribution in [2.24, 2.45) is 5.41 Å². The average molecular weight is 438 g/mol. The van der Waals surface area contributed by atoms with Gasteiger partial charge in [0.25, 0.3) is 5.91 Å². The molecule has 5 nitrogen and oxygen atoms in total. The number of carboxylic acid groups (broad SMARTS) is 1. The van der Waals surface area contributed by atoms with E-state index in [9.17, 15) is 9.59 Å². The summed E-state index contributed by atoms with van der Waals surface area (Å²) >= 11 is 0. The second kappa shape index (κ2) is 8.00. The Balaban J connectivity index is 1.27. The minimum atomic E-state index is -0.969. The largest absolute Gasteiger partial charge is 0.478 e. The van der Waals surface area contributed by atoms with Crippen molar-refractivity contribution in [2.45, 2.75) is 51.0 Å². The number of likely N-dealkylation sites (tertiary alicyclic amines) is 1. The molecule has 1 saturated carbocycles. The fourth-order valence-electron chi connectivity index (χ4n) is 5.59. The maximum Gasteiger partial charge on any atom is 0.335 e. The monoisotopic (exact) mass is 437 g/mol. The van der Waals surface area contributed by atoms with E-state index in [2.05, 4.69) is 0 Å². The van der Waals surface area contributed by atoms with Crippen LogP contribution in [0.5, 0.6) is 0 Å². The third-order valence-corrected chi connectivity index (χ3v) is 7.63. The summed E-state index contributed by atoms with van der Waals surface area (Å²) < 4.78 is 20.7. The number of hydrogen-bond donors (Lipinski definition) is 1. The number of aromatic carboxylic acids is 1. The third-order valence-electron chi connectivity index (χ3n) is 7.63. The van der Waals surface area contributed by atoms with Crippen molar-refractivity contribution < 1.29 is 23.8 Å². The second-order valence-electron chi connectivity index (χ2n) is 9.52. The van der Waals surface area contributed by atoms with Crippen molar-refractivity contribution in [3.63, 3.8) is 0 Å². The molecule has 3 aliphatic rings. The van der Waals surface area contributed by atoms with Gasteiger partial charge in [0.05, 0.1) is 5.56 Å². The van der Waals surface area contributed by atoms with Crippen molar-refractivity contribution in [1.29, 1.82) is 0 Å². The quantitative estimate of drug-likeness (QED) is 0.748. The highest BCUT2D eigenvalue weighted by Crippen LogP contribution is 2.65. The summed E-state index contributed by atoms with van der Waals surface area (Å²) in [6, 6.07) is 10.3. The van der Waals surface area contributed by atoms with Crippen LogP contribution in [0, 0.1) is 18.2 Å². The van der Waals surface area contributed by atoms with Crippen LogP contribution >= 0.6 is 0 Å². The number of aryl methyl sites for hydroxylation is 1. The van der Waals surface area contributed by atoms with Crippen LogP contribution in [0.25, 0.3) is 11.1 Å². The molecule has 0 bridgehead atoms. The molecule has 1 spiro atoms. The number of ether oxygens (including phenoxy) is 1. The molecule has 1 N–H and O–H groups in total. The zero-order valence-corrected chi connectivity index (χ0v) is 18.3. The number of halogens is 1. The summed E-state index contributed by atoms with van der Waals surface area (Å²) in [4.78, 5) is 25.7. The lowest BCUT2D eigenvalue weighted by molar-refractivity contribution is -0.142. The molecule has 32 heavy (non-hydrogen) atoms. The van der Waals surface area contributed by atoms with E-state index in [-0.39, 0.29) is 34.7 Å². The molecule has 5 rings (SSSR count). The van der Waals surface area contributed by atoms with Crippen molar-refractivity contribution >= 4 is 11.9 Å². The Hall–Kier alpha value is -2.73. The number of carboxylic acids is 1. The number of benzene rings is 2. The Labute approximate surface area is 187 Å². The summed E-state index contributed by atoms with van der Waals surface area (Å²) in [6.07, 6.45) is 4.29. The van der Waals surface area contributed by atoms with Gasteiger partial charge >= 0.3 is 5.97 Å². The number of rotatable bonds is 4. The molecule has 2 aliphatic heterocycles. The molecule has 3 fully saturated rings. The Bertz CT molecular complexity index is 1070. The molecule has 1 amide bonds. The first kappa shape index (κ1) is 21.1. The Morgan fingerprint density at radius 2 is 1.94 bits per heavy atom. The standard InChI is InChI=1S/C26H28FNO4/c1-16-13-18(25(30)31)5-6-19(16)17-4-7-20(22(27)14-17)21-15-26(21)8-10-28(11-9-26)24(29)23-3-2-12-32-23/h4-7,13-14,21,23H,2-3,8-12,15H2,1H3,(H,30,31)/t21-,23+/m0/s1. The zero-order valence-electron chi connectivity index (χ0n) is 18.3. The second-order valence-corrected chi connectivity index (χ2v) is 9.52. The number of nitrogens with zero attached hydrogens (tertiary/aromatic N) is 1. The average Bonchev–Trinajstić information content (AvgIpc) is 3.20. The molecule has 0 aromatic heterocycles. The summed E-state index contributed by atoms with van der Waals surface area (Å²) in [5.41, 5.74) is 3.50. The lowest BCUT2D eigenvalue weighted by Gasteiger charge is -2.34. The van der Waals surface area contributed by atoms with E-state index in [1.807, 2.05) is 24.0 Å². The van der Waals surface area contributed by atoms with Crippen molar-refractivity contribution in [3.05, 3.63) is 58.9 Å². The van der Waals surface area contributed by atoms with Crippen LogP contribution in [0.2, 0.25) is 0 Å². The van der Waals surface area contributed by atoms with E-state index in [1.165, 1.54) is 0 Å². The normalized spacial score (nSPS) is 24.0. The highest BCUT2D eigenvalue weighted by atomic mass is 19.1. The number of piperidine rings is 1. The molecule has 2 aromatic carbocycles. The van der Waals surface area contributed by atoms with Crippen molar-refractivity contribution in [1.82, 2.24) is 4.90 Å². The molecule has 168 valence electrons. The van der Waals surface area contributed by atoms with E-state index in [0.29, 0.717) is 6.61 Å².